The molecule has 1 aliphatic heterocycles. The third-order valence-corrected chi connectivity index (χ3v) is 5.01. The molecule has 1 N–H and O–H groups in total. The molecule has 0 unspecified atom stereocenters. The molecule has 12 heteroatoms. The molecule has 0 atom stereocenters. The standard InChI is InChI=1S/C21H20F3N3O6/c1-13-15(3-2-4-17(13)27(30)31)20(29)33-12-19(28)25-16-11-14(21(22,23)24)5-6-18(16)26-7-9-32-10-8-26/h2-6,11H,7-10,12H2,1H3,(H,25,28). The summed E-state index contributed by atoms with van der Waals surface area (Å²) in [5.74, 6) is -1.83. The van der Waals surface area contributed by atoms with Crippen molar-refractivity contribution in [1.82, 2.24) is 0 Å². The number of hydrogen-bond donors (Lipinski definition) is 1. The number of esters is 1. The Labute approximate surface area is 186 Å². The maximum Gasteiger partial charge on any atom is 0.416 e. The number of carbonyl (C=O) groups excluding carboxylic acids is 2. The van der Waals surface area contributed by atoms with Crippen LogP contribution in [-0.4, -0.2) is 49.7 Å². The van der Waals surface area contributed by atoms with E-state index in [4.69, 9.17) is 9.47 Å². The minimum atomic E-state index is -4.62. The molecule has 1 heterocycles. The van der Waals surface area contributed by atoms with Crippen LogP contribution in [-0.2, 0) is 20.4 Å². The molecule has 2 aromatic rings. The molecule has 33 heavy (non-hydrogen) atoms. The number of nitrogens with one attached hydrogen (secondary N) is 1. The number of morpholine rings is 1. The number of amides is 1. The lowest BCUT2D eigenvalue weighted by Gasteiger charge is -2.31. The smallest absolute Gasteiger partial charge is 0.416 e. The van der Waals surface area contributed by atoms with E-state index in [9.17, 15) is 32.9 Å². The van der Waals surface area contributed by atoms with Gasteiger partial charge in [-0.3, -0.25) is 14.9 Å². The highest BCUT2D eigenvalue weighted by Gasteiger charge is 2.32. The maximum atomic E-state index is 13.2. The van der Waals surface area contributed by atoms with E-state index in [2.05, 4.69) is 5.32 Å². The molecule has 1 aliphatic rings. The topological polar surface area (TPSA) is 111 Å². The zero-order valence-electron chi connectivity index (χ0n) is 17.5. The van der Waals surface area contributed by atoms with E-state index in [0.717, 1.165) is 12.1 Å². The second kappa shape index (κ2) is 9.86. The van der Waals surface area contributed by atoms with Gasteiger partial charge in [0.15, 0.2) is 6.61 Å². The Morgan fingerprint density at radius 3 is 2.55 bits per heavy atom. The second-order valence-corrected chi connectivity index (χ2v) is 7.16. The monoisotopic (exact) mass is 467 g/mol. The fourth-order valence-corrected chi connectivity index (χ4v) is 3.33. The molecule has 3 rings (SSSR count). The Hall–Kier alpha value is -3.67. The number of halogens is 3. The fourth-order valence-electron chi connectivity index (χ4n) is 3.33. The zero-order valence-corrected chi connectivity index (χ0v) is 17.5. The first kappa shape index (κ1) is 24.0. The van der Waals surface area contributed by atoms with Gasteiger partial charge in [0.25, 0.3) is 11.6 Å². The van der Waals surface area contributed by atoms with E-state index in [0.29, 0.717) is 32.0 Å². The van der Waals surface area contributed by atoms with Gasteiger partial charge in [0.1, 0.15) is 0 Å². The molecule has 176 valence electrons. The predicted molar refractivity (Wildman–Crippen MR) is 111 cm³/mol. The second-order valence-electron chi connectivity index (χ2n) is 7.16. The van der Waals surface area contributed by atoms with Gasteiger partial charge in [-0.15, -0.1) is 0 Å². The van der Waals surface area contributed by atoms with Crippen LogP contribution in [0.2, 0.25) is 0 Å². The van der Waals surface area contributed by atoms with Gasteiger partial charge in [-0.1, -0.05) is 6.07 Å². The van der Waals surface area contributed by atoms with Crippen LogP contribution >= 0.6 is 0 Å². The molecule has 2 aromatic carbocycles. The highest BCUT2D eigenvalue weighted by molar-refractivity contribution is 5.98. The van der Waals surface area contributed by atoms with Crippen molar-refractivity contribution in [3.8, 4) is 0 Å². The van der Waals surface area contributed by atoms with E-state index in [1.807, 2.05) is 0 Å². The first-order chi connectivity index (χ1) is 15.6. The van der Waals surface area contributed by atoms with Gasteiger partial charge in [0.05, 0.1) is 40.6 Å². The molecule has 1 fully saturated rings. The molecule has 0 aromatic heterocycles. The average molecular weight is 467 g/mol. The molecular formula is C21H20F3N3O6. The summed E-state index contributed by atoms with van der Waals surface area (Å²) >= 11 is 0. The Balaban J connectivity index is 1.74. The Bertz CT molecular complexity index is 1070. The van der Waals surface area contributed by atoms with Crippen LogP contribution in [0.15, 0.2) is 36.4 Å². The van der Waals surface area contributed by atoms with Crippen LogP contribution < -0.4 is 10.2 Å². The molecule has 0 spiro atoms. The molecular weight excluding hydrogens is 447 g/mol. The van der Waals surface area contributed by atoms with Gasteiger partial charge in [-0.2, -0.15) is 13.2 Å². The van der Waals surface area contributed by atoms with Crippen LogP contribution in [0.1, 0.15) is 21.5 Å². The first-order valence-electron chi connectivity index (χ1n) is 9.83. The number of nitro benzene ring substituents is 1. The summed E-state index contributed by atoms with van der Waals surface area (Å²) in [5, 5.41) is 13.4. The van der Waals surface area contributed by atoms with E-state index < -0.39 is 35.1 Å². The number of anilines is 2. The van der Waals surface area contributed by atoms with Crippen molar-refractivity contribution in [2.75, 3.05) is 43.1 Å². The van der Waals surface area contributed by atoms with Gasteiger partial charge < -0.3 is 19.7 Å². The lowest BCUT2D eigenvalue weighted by molar-refractivity contribution is -0.385. The van der Waals surface area contributed by atoms with Crippen LogP contribution in [0, 0.1) is 17.0 Å². The van der Waals surface area contributed by atoms with E-state index >= 15 is 0 Å². The minimum Gasteiger partial charge on any atom is -0.452 e. The van der Waals surface area contributed by atoms with E-state index in [-0.39, 0.29) is 22.5 Å². The molecule has 1 amide bonds. The van der Waals surface area contributed by atoms with Gasteiger partial charge >= 0.3 is 12.1 Å². The summed E-state index contributed by atoms with van der Waals surface area (Å²) < 4.78 is 49.7. The highest BCUT2D eigenvalue weighted by atomic mass is 19.4. The lowest BCUT2D eigenvalue weighted by Crippen LogP contribution is -2.37. The normalized spacial score (nSPS) is 14.0. The van der Waals surface area contributed by atoms with Crippen LogP contribution in [0.4, 0.5) is 30.2 Å². The Morgan fingerprint density at radius 2 is 1.91 bits per heavy atom. The SMILES string of the molecule is Cc1c(C(=O)OCC(=O)Nc2cc(C(F)(F)F)ccc2N2CCOCC2)cccc1[N+](=O)[O-]. The molecule has 0 bridgehead atoms. The number of carbonyl (C=O) groups is 2. The lowest BCUT2D eigenvalue weighted by atomic mass is 10.1. The van der Waals surface area contributed by atoms with Crippen LogP contribution in [0.5, 0.6) is 0 Å². The summed E-state index contributed by atoms with van der Waals surface area (Å²) in [6.07, 6.45) is -4.62. The van der Waals surface area contributed by atoms with E-state index in [1.54, 1.807) is 4.90 Å². The number of nitrogens with zero attached hydrogens (tertiary/aromatic N) is 2. The number of rotatable bonds is 6. The van der Waals surface area contributed by atoms with Crippen molar-refractivity contribution in [3.63, 3.8) is 0 Å². The quantitative estimate of drug-likeness (QED) is 0.393. The summed E-state index contributed by atoms with van der Waals surface area (Å²) in [6.45, 7) is 2.19. The number of ether oxygens (including phenoxy) is 2. The molecule has 0 aliphatic carbocycles. The van der Waals surface area contributed by atoms with Gasteiger partial charge in [0.2, 0.25) is 0 Å². The number of alkyl halides is 3. The maximum absolute atomic E-state index is 13.2. The highest BCUT2D eigenvalue weighted by Crippen LogP contribution is 2.35. The summed E-state index contributed by atoms with van der Waals surface area (Å²) in [7, 11) is 0. The van der Waals surface area contributed by atoms with Crippen molar-refractivity contribution in [2.24, 2.45) is 0 Å². The van der Waals surface area contributed by atoms with Crippen molar-refractivity contribution < 1.29 is 37.2 Å². The van der Waals surface area contributed by atoms with Crippen molar-refractivity contribution in [3.05, 3.63) is 63.2 Å². The van der Waals surface area contributed by atoms with Crippen LogP contribution in [0.3, 0.4) is 0 Å². The molecule has 0 radical (unpaired) electrons. The van der Waals surface area contributed by atoms with Crippen molar-refractivity contribution >= 4 is 28.9 Å². The average Bonchev–Trinajstić information content (AvgIpc) is 2.77. The van der Waals surface area contributed by atoms with Gasteiger partial charge in [-0.05, 0) is 31.2 Å². The number of nitro groups is 1. The van der Waals surface area contributed by atoms with Crippen molar-refractivity contribution in [1.29, 1.82) is 0 Å². The third-order valence-electron chi connectivity index (χ3n) is 5.01. The number of hydrogen-bond acceptors (Lipinski definition) is 7. The molecule has 9 nitrogen and oxygen atoms in total. The first-order valence-corrected chi connectivity index (χ1v) is 9.83. The minimum absolute atomic E-state index is 0.0698. The van der Waals surface area contributed by atoms with Crippen molar-refractivity contribution in [2.45, 2.75) is 13.1 Å². The third kappa shape index (κ3) is 5.77. The Kier molecular flexibility index (Phi) is 7.16. The number of benzene rings is 2. The zero-order chi connectivity index (χ0) is 24.2. The fraction of sp³-hybridized carbons (Fsp3) is 0.333. The molecule has 0 saturated carbocycles. The predicted octanol–water partition coefficient (Wildman–Crippen LogP) is 3.55. The largest absolute Gasteiger partial charge is 0.452 e. The summed E-state index contributed by atoms with van der Waals surface area (Å²) in [6, 6.07) is 6.84. The molecule has 1 saturated heterocycles. The van der Waals surface area contributed by atoms with E-state index in [1.165, 1.54) is 31.2 Å². The van der Waals surface area contributed by atoms with Gasteiger partial charge in [0, 0.05) is 24.7 Å². The van der Waals surface area contributed by atoms with Crippen LogP contribution in [0.25, 0.3) is 0 Å². The summed E-state index contributed by atoms with van der Waals surface area (Å²) in [4.78, 5) is 36.8. The Morgan fingerprint density at radius 1 is 1.21 bits per heavy atom. The van der Waals surface area contributed by atoms with Gasteiger partial charge in [-0.25, -0.2) is 4.79 Å². The summed E-state index contributed by atoms with van der Waals surface area (Å²) in [5.41, 5.74) is -0.961.